The number of hydrogen-bond donors (Lipinski definition) is 1. The second-order valence-electron chi connectivity index (χ2n) is 5.57. The second-order valence-corrected chi connectivity index (χ2v) is 6.66. The van der Waals surface area contributed by atoms with E-state index in [1.807, 2.05) is 12.1 Å². The molecule has 1 aliphatic rings. The standard InChI is InChI=1S/C17H12N4O6S/c22-14(7-5-10-6-8-15(28-10)21(23)24)18-17-20-19-16(27-17)13-9-25-11-3-1-2-4-12(11)26-13/h1-8,13H,9H2,(H,18,20,22)/b7-5+/t13-/m1/s1. The van der Waals surface area contributed by atoms with Gasteiger partial charge in [0.1, 0.15) is 6.61 Å². The van der Waals surface area contributed by atoms with Gasteiger partial charge >= 0.3 is 11.0 Å². The van der Waals surface area contributed by atoms with E-state index >= 15 is 0 Å². The zero-order valence-corrected chi connectivity index (χ0v) is 14.9. The van der Waals surface area contributed by atoms with Crippen molar-refractivity contribution in [1.82, 2.24) is 10.2 Å². The van der Waals surface area contributed by atoms with Crippen LogP contribution in [0.3, 0.4) is 0 Å². The minimum absolute atomic E-state index is 0.00197. The Kier molecular flexibility index (Phi) is 4.72. The van der Waals surface area contributed by atoms with Crippen LogP contribution in [0, 0.1) is 10.1 Å². The Bertz CT molecular complexity index is 1060. The summed E-state index contributed by atoms with van der Waals surface area (Å²) in [7, 11) is 0. The van der Waals surface area contributed by atoms with Crippen LogP contribution in [0.5, 0.6) is 11.5 Å². The summed E-state index contributed by atoms with van der Waals surface area (Å²) in [5, 5.41) is 20.7. The molecule has 3 heterocycles. The van der Waals surface area contributed by atoms with Gasteiger partial charge < -0.3 is 13.9 Å². The number of rotatable bonds is 5. The zero-order valence-electron chi connectivity index (χ0n) is 14.1. The molecule has 2 aromatic heterocycles. The third-order valence-electron chi connectivity index (χ3n) is 3.65. The molecule has 11 heteroatoms. The number of hydrogen-bond acceptors (Lipinski definition) is 9. The van der Waals surface area contributed by atoms with E-state index in [9.17, 15) is 14.9 Å². The van der Waals surface area contributed by atoms with Gasteiger partial charge in [0.25, 0.3) is 11.8 Å². The molecule has 1 aromatic carbocycles. The Morgan fingerprint density at radius 1 is 1.25 bits per heavy atom. The number of anilines is 1. The number of thiophene rings is 1. The van der Waals surface area contributed by atoms with Crippen LogP contribution < -0.4 is 14.8 Å². The van der Waals surface area contributed by atoms with Crippen molar-refractivity contribution in [2.75, 3.05) is 11.9 Å². The van der Waals surface area contributed by atoms with Gasteiger partial charge in [0.05, 0.1) is 4.92 Å². The van der Waals surface area contributed by atoms with E-state index in [4.69, 9.17) is 13.9 Å². The number of carbonyl (C=O) groups is 1. The van der Waals surface area contributed by atoms with Crippen molar-refractivity contribution in [3.8, 4) is 11.5 Å². The lowest BCUT2D eigenvalue weighted by molar-refractivity contribution is -0.380. The fourth-order valence-corrected chi connectivity index (χ4v) is 3.12. The van der Waals surface area contributed by atoms with Crippen LogP contribution >= 0.6 is 11.3 Å². The minimum Gasteiger partial charge on any atom is -0.485 e. The molecule has 0 spiro atoms. The summed E-state index contributed by atoms with van der Waals surface area (Å²) in [5.74, 6) is 0.848. The molecule has 10 nitrogen and oxygen atoms in total. The molecule has 1 amide bonds. The normalized spacial score (nSPS) is 15.5. The van der Waals surface area contributed by atoms with E-state index in [0.717, 1.165) is 11.3 Å². The number of para-hydroxylation sites is 2. The van der Waals surface area contributed by atoms with Gasteiger partial charge in [0.2, 0.25) is 6.10 Å². The average molecular weight is 400 g/mol. The third-order valence-corrected chi connectivity index (χ3v) is 4.65. The highest BCUT2D eigenvalue weighted by Crippen LogP contribution is 2.35. The molecular weight excluding hydrogens is 388 g/mol. The molecule has 0 saturated carbocycles. The molecule has 4 rings (SSSR count). The summed E-state index contributed by atoms with van der Waals surface area (Å²) in [6, 6.07) is 10.0. The van der Waals surface area contributed by atoms with E-state index in [2.05, 4.69) is 15.5 Å². The summed E-state index contributed by atoms with van der Waals surface area (Å²) >= 11 is 0.959. The highest BCUT2D eigenvalue weighted by Gasteiger charge is 2.27. The van der Waals surface area contributed by atoms with Crippen molar-refractivity contribution in [3.63, 3.8) is 0 Å². The Morgan fingerprint density at radius 2 is 2.07 bits per heavy atom. The lowest BCUT2D eigenvalue weighted by Gasteiger charge is -2.23. The van der Waals surface area contributed by atoms with E-state index in [1.165, 1.54) is 18.2 Å². The number of fused-ring (bicyclic) bond motifs is 1. The number of carbonyl (C=O) groups excluding carboxylic acids is 1. The highest BCUT2D eigenvalue weighted by molar-refractivity contribution is 7.16. The minimum atomic E-state index is -0.588. The molecule has 3 aromatic rings. The maximum Gasteiger partial charge on any atom is 0.324 e. The van der Waals surface area contributed by atoms with Crippen LogP contribution in [0.2, 0.25) is 0 Å². The van der Waals surface area contributed by atoms with Gasteiger partial charge in [-0.2, -0.15) is 0 Å². The van der Waals surface area contributed by atoms with Crippen molar-refractivity contribution in [1.29, 1.82) is 0 Å². The molecule has 1 aliphatic heterocycles. The second kappa shape index (κ2) is 7.48. The Morgan fingerprint density at radius 3 is 2.86 bits per heavy atom. The highest BCUT2D eigenvalue weighted by atomic mass is 32.1. The Balaban J connectivity index is 1.37. The molecular formula is C17H12N4O6S. The third kappa shape index (κ3) is 3.83. The van der Waals surface area contributed by atoms with Crippen molar-refractivity contribution >= 4 is 34.3 Å². The van der Waals surface area contributed by atoms with Crippen LogP contribution in [-0.4, -0.2) is 27.6 Å². The zero-order chi connectivity index (χ0) is 19.5. The lowest BCUT2D eigenvalue weighted by Crippen LogP contribution is -2.21. The molecule has 142 valence electrons. The van der Waals surface area contributed by atoms with Crippen LogP contribution in [-0.2, 0) is 4.79 Å². The van der Waals surface area contributed by atoms with Crippen molar-refractivity contribution in [2.24, 2.45) is 0 Å². The number of amides is 1. The van der Waals surface area contributed by atoms with Gasteiger partial charge in [-0.05, 0) is 24.3 Å². The number of nitro groups is 1. The largest absolute Gasteiger partial charge is 0.485 e. The fourth-order valence-electron chi connectivity index (χ4n) is 2.39. The number of benzene rings is 1. The number of nitrogens with zero attached hydrogens (tertiary/aromatic N) is 3. The quantitative estimate of drug-likeness (QED) is 0.393. The topological polar surface area (TPSA) is 130 Å². The first-order valence-electron chi connectivity index (χ1n) is 8.03. The number of nitrogens with one attached hydrogen (secondary N) is 1. The first kappa shape index (κ1) is 17.7. The molecule has 28 heavy (non-hydrogen) atoms. The summed E-state index contributed by atoms with van der Waals surface area (Å²) in [6.45, 7) is 0.198. The van der Waals surface area contributed by atoms with Crippen LogP contribution in [0.15, 0.2) is 46.9 Å². The fraction of sp³-hybridized carbons (Fsp3) is 0.118. The molecule has 0 saturated heterocycles. The van der Waals surface area contributed by atoms with Gasteiger partial charge in [-0.1, -0.05) is 28.6 Å². The van der Waals surface area contributed by atoms with E-state index in [0.29, 0.717) is 16.4 Å². The number of aromatic nitrogens is 2. The molecule has 0 radical (unpaired) electrons. The molecule has 0 fully saturated rings. The molecule has 0 unspecified atom stereocenters. The SMILES string of the molecule is O=C(/C=C/c1ccc([N+](=O)[O-])s1)Nc1nnc([C@H]2COc3ccccc3O2)o1. The monoisotopic (exact) mass is 400 g/mol. The maximum atomic E-state index is 12.0. The molecule has 1 N–H and O–H groups in total. The predicted molar refractivity (Wildman–Crippen MR) is 98.2 cm³/mol. The van der Waals surface area contributed by atoms with Crippen LogP contribution in [0.4, 0.5) is 11.0 Å². The summed E-state index contributed by atoms with van der Waals surface area (Å²) in [5.41, 5.74) is 0. The van der Waals surface area contributed by atoms with Gasteiger partial charge in [-0.15, -0.1) is 5.10 Å². The summed E-state index contributed by atoms with van der Waals surface area (Å²) in [4.78, 5) is 22.7. The smallest absolute Gasteiger partial charge is 0.324 e. The average Bonchev–Trinajstić information content (AvgIpc) is 3.36. The Labute approximate surface area is 161 Å². The molecule has 0 aliphatic carbocycles. The maximum absolute atomic E-state index is 12.0. The van der Waals surface area contributed by atoms with Crippen molar-refractivity contribution in [3.05, 3.63) is 63.4 Å². The van der Waals surface area contributed by atoms with Gasteiger partial charge in [0, 0.05) is 17.0 Å². The van der Waals surface area contributed by atoms with Gasteiger partial charge in [0.15, 0.2) is 11.5 Å². The summed E-state index contributed by atoms with van der Waals surface area (Å²) in [6.07, 6.45) is 2.09. The summed E-state index contributed by atoms with van der Waals surface area (Å²) < 4.78 is 16.8. The van der Waals surface area contributed by atoms with E-state index in [-0.39, 0.29) is 23.5 Å². The van der Waals surface area contributed by atoms with E-state index < -0.39 is 16.9 Å². The van der Waals surface area contributed by atoms with Crippen molar-refractivity contribution in [2.45, 2.75) is 6.10 Å². The van der Waals surface area contributed by atoms with Crippen LogP contribution in [0.25, 0.3) is 6.08 Å². The van der Waals surface area contributed by atoms with E-state index in [1.54, 1.807) is 18.2 Å². The molecule has 1 atom stereocenters. The van der Waals surface area contributed by atoms with Gasteiger partial charge in [-0.3, -0.25) is 20.2 Å². The molecule has 0 bridgehead atoms. The predicted octanol–water partition coefficient (Wildman–Crippen LogP) is 3.20. The Hall–Kier alpha value is -3.73. The first-order valence-corrected chi connectivity index (χ1v) is 8.85. The first-order chi connectivity index (χ1) is 13.6. The lowest BCUT2D eigenvalue weighted by atomic mass is 10.2. The van der Waals surface area contributed by atoms with Gasteiger partial charge in [-0.25, -0.2) is 0 Å². The van der Waals surface area contributed by atoms with Crippen molar-refractivity contribution < 1.29 is 23.6 Å². The van der Waals surface area contributed by atoms with Crippen LogP contribution in [0.1, 0.15) is 16.9 Å². The number of ether oxygens (including phenoxy) is 2.